The molecule has 0 spiro atoms. The molecule has 1 atom stereocenters. The third-order valence-corrected chi connectivity index (χ3v) is 10.5. The fourth-order valence-electron chi connectivity index (χ4n) is 4.03. The van der Waals surface area contributed by atoms with Crippen LogP contribution in [0.2, 0.25) is 5.04 Å². The van der Waals surface area contributed by atoms with Gasteiger partial charge in [-0.05, 0) is 27.4 Å². The molecule has 0 aliphatic carbocycles. The lowest BCUT2D eigenvalue weighted by Gasteiger charge is -2.44. The van der Waals surface area contributed by atoms with Gasteiger partial charge in [0, 0.05) is 0 Å². The van der Waals surface area contributed by atoms with Gasteiger partial charge in [-0.2, -0.15) is 0 Å². The Morgan fingerprint density at radius 3 is 1.70 bits per heavy atom. The molecule has 1 nitrogen and oxygen atoms in total. The zero-order chi connectivity index (χ0) is 21.5. The summed E-state index contributed by atoms with van der Waals surface area (Å²) < 4.78 is 7.22. The Morgan fingerprint density at radius 1 is 0.800 bits per heavy atom. The lowest BCUT2D eigenvalue weighted by molar-refractivity contribution is 0.237. The van der Waals surface area contributed by atoms with Gasteiger partial charge in [0.15, 0.2) is 0 Å². The van der Waals surface area contributed by atoms with Crippen molar-refractivity contribution >= 4 is 24.8 Å². The molecule has 30 heavy (non-hydrogen) atoms. The quantitative estimate of drug-likeness (QED) is 0.315. The first-order chi connectivity index (χ1) is 14.5. The van der Waals surface area contributed by atoms with E-state index >= 15 is 0 Å². The molecule has 2 heteroatoms. The van der Waals surface area contributed by atoms with Crippen LogP contribution < -0.4 is 10.4 Å². The van der Waals surface area contributed by atoms with E-state index in [0.29, 0.717) is 0 Å². The average molecular weight is 413 g/mol. The summed E-state index contributed by atoms with van der Waals surface area (Å²) in [5.41, 5.74) is 1.18. The molecule has 0 amide bonds. The van der Waals surface area contributed by atoms with Crippen molar-refractivity contribution in [2.45, 2.75) is 38.3 Å². The Hall–Kier alpha value is -2.68. The minimum absolute atomic E-state index is 0.0459. The number of rotatable bonds is 8. The van der Waals surface area contributed by atoms with Crippen molar-refractivity contribution < 1.29 is 4.43 Å². The van der Waals surface area contributed by atoms with E-state index in [-0.39, 0.29) is 11.1 Å². The Morgan fingerprint density at radius 2 is 1.27 bits per heavy atom. The molecule has 0 aliphatic rings. The molecule has 1 unspecified atom stereocenters. The van der Waals surface area contributed by atoms with Gasteiger partial charge < -0.3 is 4.43 Å². The molecule has 0 aromatic heterocycles. The molecule has 154 valence electrons. The molecule has 3 rings (SSSR count). The number of hydrogen-bond donors (Lipinski definition) is 0. The highest BCUT2D eigenvalue weighted by Gasteiger charge is 2.51. The highest BCUT2D eigenvalue weighted by Crippen LogP contribution is 2.38. The second-order valence-electron chi connectivity index (χ2n) is 8.61. The summed E-state index contributed by atoms with van der Waals surface area (Å²) in [6.07, 6.45) is 7.03. The Kier molecular flexibility index (Phi) is 7.25. The van der Waals surface area contributed by atoms with Gasteiger partial charge in [0.25, 0.3) is 8.32 Å². The van der Waals surface area contributed by atoms with E-state index in [9.17, 15) is 0 Å². The van der Waals surface area contributed by atoms with Gasteiger partial charge in [-0.15, -0.1) is 6.58 Å². The van der Waals surface area contributed by atoms with E-state index in [1.165, 1.54) is 15.9 Å². The van der Waals surface area contributed by atoms with Crippen LogP contribution in [0.3, 0.4) is 0 Å². The minimum Gasteiger partial charge on any atom is -0.401 e. The van der Waals surface area contributed by atoms with Crippen LogP contribution in [0.5, 0.6) is 0 Å². The summed E-state index contributed by atoms with van der Waals surface area (Å²) in [7, 11) is -2.59. The van der Waals surface area contributed by atoms with E-state index in [1.807, 2.05) is 12.1 Å². The summed E-state index contributed by atoms with van der Waals surface area (Å²) in [5, 5.41) is 2.55. The zero-order valence-corrected chi connectivity index (χ0v) is 19.3. The van der Waals surface area contributed by atoms with Crippen molar-refractivity contribution in [2.24, 2.45) is 0 Å². The maximum atomic E-state index is 7.22. The molecule has 0 saturated carbocycles. The molecule has 0 saturated heterocycles. The second-order valence-corrected chi connectivity index (χ2v) is 12.9. The van der Waals surface area contributed by atoms with Crippen molar-refractivity contribution in [3.8, 4) is 0 Å². The van der Waals surface area contributed by atoms with Crippen molar-refractivity contribution in [3.63, 3.8) is 0 Å². The predicted octanol–water partition coefficient (Wildman–Crippen LogP) is 6.22. The van der Waals surface area contributed by atoms with Crippen LogP contribution in [-0.2, 0) is 4.43 Å². The molecule has 0 heterocycles. The van der Waals surface area contributed by atoms with E-state index in [2.05, 4.69) is 124 Å². The molecular formula is C28H32OSi. The minimum atomic E-state index is -2.59. The van der Waals surface area contributed by atoms with Crippen LogP contribution in [0.4, 0.5) is 0 Å². The maximum absolute atomic E-state index is 7.22. The summed E-state index contributed by atoms with van der Waals surface area (Å²) in [5.74, 6) is 0. The highest BCUT2D eigenvalue weighted by molar-refractivity contribution is 6.99. The van der Waals surface area contributed by atoms with E-state index in [4.69, 9.17) is 4.43 Å². The van der Waals surface area contributed by atoms with Crippen LogP contribution in [0.15, 0.2) is 110 Å². The topological polar surface area (TPSA) is 9.23 Å². The van der Waals surface area contributed by atoms with E-state index < -0.39 is 8.32 Å². The lowest BCUT2D eigenvalue weighted by atomic mass is 10.1. The average Bonchev–Trinajstić information content (AvgIpc) is 2.77. The maximum Gasteiger partial charge on any atom is 0.261 e. The molecule has 0 radical (unpaired) electrons. The lowest BCUT2D eigenvalue weighted by Crippen LogP contribution is -2.67. The molecule has 0 aliphatic heterocycles. The smallest absolute Gasteiger partial charge is 0.261 e. The summed E-state index contributed by atoms with van der Waals surface area (Å²) in [6.45, 7) is 10.9. The molecular weight excluding hydrogens is 380 g/mol. The van der Waals surface area contributed by atoms with Crippen molar-refractivity contribution in [1.29, 1.82) is 0 Å². The SMILES string of the molecule is C=CCC(/C=C/c1ccccc1)O[Si](c1ccccc1)(c1ccccc1)C(C)(C)C. The van der Waals surface area contributed by atoms with Crippen molar-refractivity contribution in [1.82, 2.24) is 0 Å². The summed E-state index contributed by atoms with van der Waals surface area (Å²) in [6, 6.07) is 32.0. The normalized spacial score (nSPS) is 13.3. The zero-order valence-electron chi connectivity index (χ0n) is 18.3. The van der Waals surface area contributed by atoms with E-state index in [0.717, 1.165) is 6.42 Å². The second kappa shape index (κ2) is 9.88. The predicted molar refractivity (Wildman–Crippen MR) is 133 cm³/mol. The fourth-order valence-corrected chi connectivity index (χ4v) is 8.67. The molecule has 0 N–H and O–H groups in total. The number of benzene rings is 3. The van der Waals surface area contributed by atoms with Crippen LogP contribution in [0.1, 0.15) is 32.8 Å². The number of hydrogen-bond acceptors (Lipinski definition) is 1. The van der Waals surface area contributed by atoms with Crippen molar-refractivity contribution in [2.75, 3.05) is 0 Å². The van der Waals surface area contributed by atoms with E-state index in [1.54, 1.807) is 0 Å². The largest absolute Gasteiger partial charge is 0.401 e. The van der Waals surface area contributed by atoms with Gasteiger partial charge in [0.05, 0.1) is 6.10 Å². The van der Waals surface area contributed by atoms with Gasteiger partial charge in [-0.25, -0.2) is 0 Å². The summed E-state index contributed by atoms with van der Waals surface area (Å²) >= 11 is 0. The van der Waals surface area contributed by atoms with Crippen LogP contribution in [0, 0.1) is 0 Å². The Balaban J connectivity index is 2.11. The summed E-state index contributed by atoms with van der Waals surface area (Å²) in [4.78, 5) is 0. The third kappa shape index (κ3) is 4.89. The van der Waals surface area contributed by atoms with Crippen LogP contribution >= 0.6 is 0 Å². The first kappa shape index (κ1) is 22.0. The van der Waals surface area contributed by atoms with Gasteiger partial charge >= 0.3 is 0 Å². The monoisotopic (exact) mass is 412 g/mol. The van der Waals surface area contributed by atoms with Gasteiger partial charge in [0.2, 0.25) is 0 Å². The molecule has 3 aromatic carbocycles. The Labute approximate surface area is 182 Å². The Bertz CT molecular complexity index is 901. The van der Waals surface area contributed by atoms with Gasteiger partial charge in [0.1, 0.15) is 0 Å². The van der Waals surface area contributed by atoms with Gasteiger partial charge in [-0.3, -0.25) is 0 Å². The highest BCUT2D eigenvalue weighted by atomic mass is 28.4. The van der Waals surface area contributed by atoms with Crippen LogP contribution in [-0.4, -0.2) is 14.4 Å². The first-order valence-electron chi connectivity index (χ1n) is 10.6. The van der Waals surface area contributed by atoms with Crippen LogP contribution in [0.25, 0.3) is 6.08 Å². The standard InChI is InChI=1S/C28H32OSi/c1-5-15-25(23-22-24-16-9-6-10-17-24)29-30(28(2,3)4,26-18-11-7-12-19-26)27-20-13-8-14-21-27/h5-14,16-23,25H,1,15H2,2-4H3/b23-22+. The molecule has 0 fully saturated rings. The van der Waals surface area contributed by atoms with Gasteiger partial charge in [-0.1, -0.05) is 130 Å². The third-order valence-electron chi connectivity index (χ3n) is 5.45. The first-order valence-corrected chi connectivity index (χ1v) is 12.5. The molecule has 0 bridgehead atoms. The fraction of sp³-hybridized carbons (Fsp3) is 0.214. The molecule has 3 aromatic rings. The van der Waals surface area contributed by atoms with Crippen molar-refractivity contribution in [3.05, 3.63) is 115 Å².